The molecule has 0 saturated heterocycles. The zero-order valence-electron chi connectivity index (χ0n) is 13.7. The molecule has 0 aliphatic carbocycles. The van der Waals surface area contributed by atoms with E-state index in [4.69, 9.17) is 16.3 Å². The van der Waals surface area contributed by atoms with Gasteiger partial charge in [0, 0.05) is 11.6 Å². The van der Waals surface area contributed by atoms with Gasteiger partial charge in [-0.1, -0.05) is 49.7 Å². The molecule has 4 heteroatoms. The summed E-state index contributed by atoms with van der Waals surface area (Å²) < 4.78 is 5.20. The first-order chi connectivity index (χ1) is 11.0. The van der Waals surface area contributed by atoms with Crippen molar-refractivity contribution in [3.8, 4) is 5.75 Å². The second-order valence-electron chi connectivity index (χ2n) is 5.84. The summed E-state index contributed by atoms with van der Waals surface area (Å²) in [5.41, 5.74) is 1.99. The van der Waals surface area contributed by atoms with Gasteiger partial charge in [-0.25, -0.2) is 0 Å². The number of carbonyl (C=O) groups is 1. The van der Waals surface area contributed by atoms with E-state index in [-0.39, 0.29) is 17.7 Å². The number of halogens is 1. The van der Waals surface area contributed by atoms with E-state index in [1.54, 1.807) is 7.11 Å². The molecule has 0 heterocycles. The predicted octanol–water partition coefficient (Wildman–Crippen LogP) is 4.40. The maximum atomic E-state index is 12.6. The van der Waals surface area contributed by atoms with Crippen molar-refractivity contribution in [3.05, 3.63) is 64.7 Å². The Labute approximate surface area is 142 Å². The van der Waals surface area contributed by atoms with Crippen molar-refractivity contribution in [1.29, 1.82) is 0 Å². The molecule has 2 aromatic carbocycles. The van der Waals surface area contributed by atoms with E-state index in [1.807, 2.05) is 62.4 Å². The lowest BCUT2D eigenvalue weighted by Crippen LogP contribution is -2.31. The van der Waals surface area contributed by atoms with Crippen molar-refractivity contribution >= 4 is 17.5 Å². The Hall–Kier alpha value is -2.00. The Bertz CT molecular complexity index is 653. The molecule has 1 atom stereocenters. The van der Waals surface area contributed by atoms with E-state index >= 15 is 0 Å². The summed E-state index contributed by atoms with van der Waals surface area (Å²) in [5, 5.41) is 3.69. The topological polar surface area (TPSA) is 38.3 Å². The van der Waals surface area contributed by atoms with Crippen LogP contribution in [0.2, 0.25) is 5.02 Å². The molecule has 3 nitrogen and oxygen atoms in total. The average Bonchev–Trinajstić information content (AvgIpc) is 2.55. The van der Waals surface area contributed by atoms with Crippen molar-refractivity contribution in [2.24, 2.45) is 5.92 Å². The molecular weight excluding hydrogens is 310 g/mol. The smallest absolute Gasteiger partial charge is 0.228 e. The highest BCUT2D eigenvalue weighted by atomic mass is 35.5. The molecular formula is C19H22ClNO2. The predicted molar refractivity (Wildman–Crippen MR) is 93.9 cm³/mol. The number of ether oxygens (including phenoxy) is 1. The first kappa shape index (κ1) is 17.4. The van der Waals surface area contributed by atoms with E-state index in [0.29, 0.717) is 11.6 Å². The summed E-state index contributed by atoms with van der Waals surface area (Å²) in [6.45, 7) is 4.57. The summed E-state index contributed by atoms with van der Waals surface area (Å²) in [4.78, 5) is 12.6. The van der Waals surface area contributed by atoms with Crippen molar-refractivity contribution in [2.75, 3.05) is 7.11 Å². The molecule has 1 amide bonds. The number of hydrogen-bond acceptors (Lipinski definition) is 2. The Balaban J connectivity index is 2.08. The van der Waals surface area contributed by atoms with Gasteiger partial charge in [0.25, 0.3) is 0 Å². The first-order valence-electron chi connectivity index (χ1n) is 7.67. The van der Waals surface area contributed by atoms with Crippen LogP contribution in [-0.2, 0) is 11.3 Å². The van der Waals surface area contributed by atoms with E-state index in [1.165, 1.54) is 0 Å². The molecule has 0 radical (unpaired) electrons. The van der Waals surface area contributed by atoms with Crippen molar-refractivity contribution in [2.45, 2.75) is 26.3 Å². The lowest BCUT2D eigenvalue weighted by molar-refractivity contribution is -0.123. The summed E-state index contributed by atoms with van der Waals surface area (Å²) in [5.74, 6) is 0.805. The average molecular weight is 332 g/mol. The van der Waals surface area contributed by atoms with Crippen LogP contribution in [0.25, 0.3) is 0 Å². The molecule has 0 aliphatic rings. The standard InChI is InChI=1S/C19H22ClNO2/c1-13(2)18(15-7-9-16(20)10-8-15)19(22)21-12-14-5-4-6-17(11-14)23-3/h4-11,13,18H,12H2,1-3H3,(H,21,22)/t18-/m1/s1. The molecule has 1 N–H and O–H groups in total. The minimum atomic E-state index is -0.196. The second-order valence-corrected chi connectivity index (χ2v) is 6.28. The summed E-state index contributed by atoms with van der Waals surface area (Å²) in [6, 6.07) is 15.2. The van der Waals surface area contributed by atoms with Crippen LogP contribution in [0.15, 0.2) is 48.5 Å². The maximum absolute atomic E-state index is 12.6. The van der Waals surface area contributed by atoms with Gasteiger partial charge in [0.2, 0.25) is 5.91 Å². The Morgan fingerprint density at radius 1 is 1.17 bits per heavy atom. The molecule has 0 aliphatic heterocycles. The molecule has 122 valence electrons. The van der Waals surface area contributed by atoms with Crippen LogP contribution in [-0.4, -0.2) is 13.0 Å². The van der Waals surface area contributed by atoms with E-state index in [9.17, 15) is 4.79 Å². The van der Waals surface area contributed by atoms with Crippen LogP contribution < -0.4 is 10.1 Å². The normalized spacial score (nSPS) is 12.0. The number of hydrogen-bond donors (Lipinski definition) is 1. The molecule has 0 unspecified atom stereocenters. The number of nitrogens with one attached hydrogen (secondary N) is 1. The highest BCUT2D eigenvalue weighted by Gasteiger charge is 2.23. The Morgan fingerprint density at radius 2 is 1.87 bits per heavy atom. The second kappa shape index (κ2) is 8.02. The van der Waals surface area contributed by atoms with Gasteiger partial charge >= 0.3 is 0 Å². The van der Waals surface area contributed by atoms with Gasteiger partial charge in [0.1, 0.15) is 5.75 Å². The van der Waals surface area contributed by atoms with E-state index in [0.717, 1.165) is 16.9 Å². The third-order valence-corrected chi connectivity index (χ3v) is 4.03. The molecule has 23 heavy (non-hydrogen) atoms. The molecule has 0 saturated carbocycles. The Kier molecular flexibility index (Phi) is 6.05. The van der Waals surface area contributed by atoms with Gasteiger partial charge < -0.3 is 10.1 Å². The van der Waals surface area contributed by atoms with Crippen LogP contribution in [0.5, 0.6) is 5.75 Å². The van der Waals surface area contributed by atoms with Crippen LogP contribution >= 0.6 is 11.6 Å². The summed E-state index contributed by atoms with van der Waals surface area (Å²) in [7, 11) is 1.63. The number of amides is 1. The van der Waals surface area contributed by atoms with E-state index in [2.05, 4.69) is 5.32 Å². The summed E-state index contributed by atoms with van der Waals surface area (Å²) >= 11 is 5.93. The molecule has 2 rings (SSSR count). The highest BCUT2D eigenvalue weighted by molar-refractivity contribution is 6.30. The fraction of sp³-hybridized carbons (Fsp3) is 0.316. The number of carbonyl (C=O) groups excluding carboxylic acids is 1. The van der Waals surface area contributed by atoms with Gasteiger partial charge in [-0.2, -0.15) is 0 Å². The largest absolute Gasteiger partial charge is 0.497 e. The van der Waals surface area contributed by atoms with Gasteiger partial charge in [-0.05, 0) is 41.3 Å². The van der Waals surface area contributed by atoms with Crippen LogP contribution in [0.3, 0.4) is 0 Å². The van der Waals surface area contributed by atoms with Gasteiger partial charge in [0.15, 0.2) is 0 Å². The quantitative estimate of drug-likeness (QED) is 0.851. The third kappa shape index (κ3) is 4.73. The van der Waals surface area contributed by atoms with Crippen molar-refractivity contribution < 1.29 is 9.53 Å². The van der Waals surface area contributed by atoms with Crippen molar-refractivity contribution in [3.63, 3.8) is 0 Å². The fourth-order valence-corrected chi connectivity index (χ4v) is 2.72. The minimum Gasteiger partial charge on any atom is -0.497 e. The van der Waals surface area contributed by atoms with Crippen LogP contribution in [0, 0.1) is 5.92 Å². The van der Waals surface area contributed by atoms with Crippen LogP contribution in [0.4, 0.5) is 0 Å². The molecule has 2 aromatic rings. The van der Waals surface area contributed by atoms with Crippen molar-refractivity contribution in [1.82, 2.24) is 5.32 Å². The number of benzene rings is 2. The Morgan fingerprint density at radius 3 is 2.48 bits per heavy atom. The van der Waals surface area contributed by atoms with Crippen LogP contribution in [0.1, 0.15) is 30.9 Å². The SMILES string of the molecule is COc1cccc(CNC(=O)[C@@H](c2ccc(Cl)cc2)C(C)C)c1. The lowest BCUT2D eigenvalue weighted by Gasteiger charge is -2.21. The molecule has 0 bridgehead atoms. The van der Waals surface area contributed by atoms with Gasteiger partial charge in [0.05, 0.1) is 13.0 Å². The van der Waals surface area contributed by atoms with Gasteiger partial charge in [-0.3, -0.25) is 4.79 Å². The highest BCUT2D eigenvalue weighted by Crippen LogP contribution is 2.26. The molecule has 0 aromatic heterocycles. The number of rotatable bonds is 6. The zero-order valence-corrected chi connectivity index (χ0v) is 14.4. The third-order valence-electron chi connectivity index (χ3n) is 3.78. The molecule has 0 spiro atoms. The van der Waals surface area contributed by atoms with Gasteiger partial charge in [-0.15, -0.1) is 0 Å². The minimum absolute atomic E-state index is 0.0187. The maximum Gasteiger partial charge on any atom is 0.228 e. The van der Waals surface area contributed by atoms with E-state index < -0.39 is 0 Å². The lowest BCUT2D eigenvalue weighted by atomic mass is 9.87. The summed E-state index contributed by atoms with van der Waals surface area (Å²) in [6.07, 6.45) is 0. The zero-order chi connectivity index (χ0) is 16.8. The number of methoxy groups -OCH3 is 1. The molecule has 0 fully saturated rings. The fourth-order valence-electron chi connectivity index (χ4n) is 2.59. The first-order valence-corrected chi connectivity index (χ1v) is 8.05. The monoisotopic (exact) mass is 331 g/mol.